The Hall–Kier alpha value is -1.16. The minimum Gasteiger partial charge on any atom is -0.296 e. The quantitative estimate of drug-likeness (QED) is 0.746. The van der Waals surface area contributed by atoms with Gasteiger partial charge in [0, 0.05) is 17.8 Å². The second-order valence-electron chi connectivity index (χ2n) is 7.58. The standard InChI is InChI=1S/C17H22N2OS/c1-17(2,3)10-6-7-11-12(9-10)21-15-14(11)16(20)19-8-4-5-13(19)18-15/h10H,4-9H2,1-3H3/t10-/m0/s1. The van der Waals surface area contributed by atoms with E-state index in [0.29, 0.717) is 11.3 Å². The van der Waals surface area contributed by atoms with Crippen LogP contribution < -0.4 is 5.56 Å². The zero-order valence-corrected chi connectivity index (χ0v) is 13.8. The maximum absolute atomic E-state index is 12.8. The first-order valence-corrected chi connectivity index (χ1v) is 8.81. The number of hydrogen-bond donors (Lipinski definition) is 0. The van der Waals surface area contributed by atoms with Gasteiger partial charge >= 0.3 is 0 Å². The monoisotopic (exact) mass is 302 g/mol. The van der Waals surface area contributed by atoms with Crippen molar-refractivity contribution in [2.45, 2.75) is 59.4 Å². The van der Waals surface area contributed by atoms with Crippen LogP contribution in [0.2, 0.25) is 0 Å². The first-order valence-electron chi connectivity index (χ1n) is 7.99. The van der Waals surface area contributed by atoms with E-state index in [0.717, 1.165) is 48.3 Å². The molecule has 0 bridgehead atoms. The van der Waals surface area contributed by atoms with Gasteiger partial charge in [-0.15, -0.1) is 11.3 Å². The van der Waals surface area contributed by atoms with Gasteiger partial charge in [0.15, 0.2) is 0 Å². The summed E-state index contributed by atoms with van der Waals surface area (Å²) >= 11 is 1.78. The summed E-state index contributed by atoms with van der Waals surface area (Å²) in [6.07, 6.45) is 5.39. The van der Waals surface area contributed by atoms with E-state index in [9.17, 15) is 4.79 Å². The largest absolute Gasteiger partial charge is 0.296 e. The summed E-state index contributed by atoms with van der Waals surface area (Å²) in [5, 5.41) is 0.938. The third kappa shape index (κ3) is 1.99. The Morgan fingerprint density at radius 1 is 1.29 bits per heavy atom. The lowest BCUT2D eigenvalue weighted by Gasteiger charge is -2.33. The Bertz CT molecular complexity index is 779. The van der Waals surface area contributed by atoms with Crippen molar-refractivity contribution in [3.63, 3.8) is 0 Å². The van der Waals surface area contributed by atoms with Crippen LogP contribution in [0.4, 0.5) is 0 Å². The van der Waals surface area contributed by atoms with Crippen LogP contribution in [0.5, 0.6) is 0 Å². The second kappa shape index (κ2) is 4.42. The topological polar surface area (TPSA) is 34.9 Å². The van der Waals surface area contributed by atoms with Gasteiger partial charge in [0.1, 0.15) is 10.7 Å². The summed E-state index contributed by atoms with van der Waals surface area (Å²) in [4.78, 5) is 20.0. The maximum atomic E-state index is 12.8. The fraction of sp³-hybridized carbons (Fsp3) is 0.647. The Kier molecular flexibility index (Phi) is 2.84. The zero-order valence-electron chi connectivity index (χ0n) is 13.0. The van der Waals surface area contributed by atoms with Gasteiger partial charge in [-0.05, 0) is 42.6 Å². The lowest BCUT2D eigenvalue weighted by molar-refractivity contribution is 0.218. The molecule has 0 N–H and O–H groups in total. The predicted molar refractivity (Wildman–Crippen MR) is 87.2 cm³/mol. The molecule has 0 aromatic carbocycles. The zero-order chi connectivity index (χ0) is 14.8. The molecule has 0 unspecified atom stereocenters. The van der Waals surface area contributed by atoms with Gasteiger partial charge in [0.2, 0.25) is 0 Å². The minimum absolute atomic E-state index is 0.221. The molecule has 2 aliphatic rings. The van der Waals surface area contributed by atoms with E-state index in [1.807, 2.05) is 4.57 Å². The average molecular weight is 302 g/mol. The molecule has 0 fully saturated rings. The van der Waals surface area contributed by atoms with E-state index in [1.54, 1.807) is 11.3 Å². The number of nitrogens with zero attached hydrogens (tertiary/aromatic N) is 2. The van der Waals surface area contributed by atoms with Crippen LogP contribution in [-0.2, 0) is 25.8 Å². The lowest BCUT2D eigenvalue weighted by atomic mass is 9.72. The number of hydrogen-bond acceptors (Lipinski definition) is 3. The van der Waals surface area contributed by atoms with Gasteiger partial charge in [-0.25, -0.2) is 4.98 Å². The SMILES string of the molecule is CC(C)(C)[C@H]1CCc2c(sc3nc4n(c(=O)c23)CCC4)C1. The van der Waals surface area contributed by atoms with Crippen LogP contribution in [0.15, 0.2) is 4.79 Å². The number of thiophene rings is 1. The van der Waals surface area contributed by atoms with Gasteiger partial charge in [-0.1, -0.05) is 20.8 Å². The summed E-state index contributed by atoms with van der Waals surface area (Å²) in [5.74, 6) is 1.71. The fourth-order valence-electron chi connectivity index (χ4n) is 3.86. The lowest BCUT2D eigenvalue weighted by Crippen LogP contribution is -2.27. The van der Waals surface area contributed by atoms with Crippen LogP contribution >= 0.6 is 11.3 Å². The Labute approximate surface area is 129 Å². The van der Waals surface area contributed by atoms with Gasteiger partial charge in [0.05, 0.1) is 5.39 Å². The first-order chi connectivity index (χ1) is 9.95. The van der Waals surface area contributed by atoms with Crippen molar-refractivity contribution in [3.05, 3.63) is 26.6 Å². The molecule has 4 heteroatoms. The smallest absolute Gasteiger partial charge is 0.262 e. The molecule has 21 heavy (non-hydrogen) atoms. The van der Waals surface area contributed by atoms with Crippen molar-refractivity contribution in [2.24, 2.45) is 11.3 Å². The average Bonchev–Trinajstić information content (AvgIpc) is 3.00. The summed E-state index contributed by atoms with van der Waals surface area (Å²) in [5.41, 5.74) is 1.88. The molecule has 112 valence electrons. The fourth-order valence-corrected chi connectivity index (χ4v) is 5.17. The third-order valence-electron chi connectivity index (χ3n) is 5.25. The second-order valence-corrected chi connectivity index (χ2v) is 8.66. The van der Waals surface area contributed by atoms with Crippen LogP contribution in [0.25, 0.3) is 10.2 Å². The molecule has 0 saturated carbocycles. The van der Waals surface area contributed by atoms with Crippen LogP contribution in [0.1, 0.15) is 49.9 Å². The highest BCUT2D eigenvalue weighted by molar-refractivity contribution is 7.18. The van der Waals surface area contributed by atoms with E-state index < -0.39 is 0 Å². The van der Waals surface area contributed by atoms with E-state index >= 15 is 0 Å². The molecule has 2 aromatic rings. The molecule has 4 rings (SSSR count). The summed E-state index contributed by atoms with van der Waals surface area (Å²) in [7, 11) is 0. The molecule has 3 nitrogen and oxygen atoms in total. The molecule has 3 heterocycles. The maximum Gasteiger partial charge on any atom is 0.262 e. The van der Waals surface area contributed by atoms with Gasteiger partial charge in [-0.2, -0.15) is 0 Å². The van der Waals surface area contributed by atoms with E-state index in [1.165, 1.54) is 16.9 Å². The van der Waals surface area contributed by atoms with Crippen molar-refractivity contribution in [2.75, 3.05) is 0 Å². The van der Waals surface area contributed by atoms with Crippen molar-refractivity contribution >= 4 is 21.6 Å². The van der Waals surface area contributed by atoms with Crippen LogP contribution in [-0.4, -0.2) is 9.55 Å². The van der Waals surface area contributed by atoms with E-state index in [4.69, 9.17) is 4.98 Å². The normalized spacial score (nSPS) is 21.6. The Morgan fingerprint density at radius 2 is 2.10 bits per heavy atom. The highest BCUT2D eigenvalue weighted by atomic mass is 32.1. The molecule has 0 amide bonds. The third-order valence-corrected chi connectivity index (χ3v) is 6.40. The number of rotatable bonds is 0. The highest BCUT2D eigenvalue weighted by Gasteiger charge is 2.32. The van der Waals surface area contributed by atoms with Gasteiger partial charge < -0.3 is 0 Å². The molecule has 2 aromatic heterocycles. The van der Waals surface area contributed by atoms with Crippen molar-refractivity contribution in [1.82, 2.24) is 9.55 Å². The molecular weight excluding hydrogens is 280 g/mol. The van der Waals surface area contributed by atoms with Gasteiger partial charge in [-0.3, -0.25) is 9.36 Å². The summed E-state index contributed by atoms with van der Waals surface area (Å²) in [6.45, 7) is 7.85. The van der Waals surface area contributed by atoms with Crippen LogP contribution in [0.3, 0.4) is 0 Å². The molecule has 1 aliphatic carbocycles. The highest BCUT2D eigenvalue weighted by Crippen LogP contribution is 2.42. The minimum atomic E-state index is 0.221. The Balaban J connectivity index is 1.88. The van der Waals surface area contributed by atoms with Crippen molar-refractivity contribution < 1.29 is 0 Å². The van der Waals surface area contributed by atoms with Crippen LogP contribution in [0, 0.1) is 11.3 Å². The van der Waals surface area contributed by atoms with Crippen molar-refractivity contribution in [1.29, 1.82) is 0 Å². The molecule has 0 saturated heterocycles. The Morgan fingerprint density at radius 3 is 2.86 bits per heavy atom. The van der Waals surface area contributed by atoms with E-state index in [2.05, 4.69) is 20.8 Å². The molecule has 0 radical (unpaired) electrons. The molecule has 1 atom stereocenters. The molecule has 0 spiro atoms. The van der Waals surface area contributed by atoms with E-state index in [-0.39, 0.29) is 5.56 Å². The molecule has 1 aliphatic heterocycles. The van der Waals surface area contributed by atoms with Gasteiger partial charge in [0.25, 0.3) is 5.56 Å². The number of aromatic nitrogens is 2. The molecular formula is C17H22N2OS. The predicted octanol–water partition coefficient (Wildman–Crippen LogP) is 3.56. The first kappa shape index (κ1) is 13.5. The van der Waals surface area contributed by atoms with Crippen molar-refractivity contribution in [3.8, 4) is 0 Å². The summed E-state index contributed by atoms with van der Waals surface area (Å²) < 4.78 is 1.91. The number of fused-ring (bicyclic) bond motifs is 4. The summed E-state index contributed by atoms with van der Waals surface area (Å²) in [6, 6.07) is 0. The number of aryl methyl sites for hydroxylation is 2.